The van der Waals surface area contributed by atoms with E-state index in [0.717, 1.165) is 24.9 Å². The molecule has 1 aliphatic rings. The number of nitrogens with zero attached hydrogens (tertiary/aromatic N) is 1. The van der Waals surface area contributed by atoms with Gasteiger partial charge < -0.3 is 10.2 Å². The van der Waals surface area contributed by atoms with Crippen molar-refractivity contribution in [3.05, 3.63) is 34.9 Å². The Morgan fingerprint density at radius 3 is 2.85 bits per heavy atom. The van der Waals surface area contributed by atoms with Crippen LogP contribution in [0.25, 0.3) is 0 Å². The molecule has 0 aromatic heterocycles. The lowest BCUT2D eigenvalue weighted by Gasteiger charge is -2.26. The first-order valence-electron chi connectivity index (χ1n) is 6.94. The Hall–Kier alpha value is -1.55. The molecule has 1 fully saturated rings. The molecule has 5 heteroatoms. The average Bonchev–Trinajstić information content (AvgIpc) is 2.43. The van der Waals surface area contributed by atoms with Crippen LogP contribution in [-0.2, 0) is 16.0 Å². The second-order valence-electron chi connectivity index (χ2n) is 4.96. The maximum atomic E-state index is 11.8. The highest BCUT2D eigenvalue weighted by atomic mass is 35.5. The number of hydrogen-bond donors (Lipinski definition) is 1. The quantitative estimate of drug-likeness (QED) is 0.903. The second kappa shape index (κ2) is 7.29. The fourth-order valence-electron chi connectivity index (χ4n) is 2.31. The lowest BCUT2D eigenvalue weighted by molar-refractivity contribution is -0.133. The maximum Gasteiger partial charge on any atom is 0.224 e. The van der Waals surface area contributed by atoms with Crippen LogP contribution in [0.15, 0.2) is 24.3 Å². The molecule has 1 heterocycles. The summed E-state index contributed by atoms with van der Waals surface area (Å²) in [5, 5.41) is 3.44. The number of rotatable bonds is 5. The van der Waals surface area contributed by atoms with Gasteiger partial charge >= 0.3 is 0 Å². The van der Waals surface area contributed by atoms with Gasteiger partial charge in [-0.05, 0) is 24.5 Å². The number of halogens is 1. The molecular weight excluding hydrogens is 276 g/mol. The van der Waals surface area contributed by atoms with Crippen molar-refractivity contribution in [3.8, 4) is 0 Å². The van der Waals surface area contributed by atoms with E-state index in [1.807, 2.05) is 23.1 Å². The molecule has 1 aromatic rings. The largest absolute Gasteiger partial charge is 0.354 e. The Morgan fingerprint density at radius 1 is 1.30 bits per heavy atom. The molecule has 0 spiro atoms. The first-order chi connectivity index (χ1) is 9.66. The van der Waals surface area contributed by atoms with Gasteiger partial charge in [0.05, 0.1) is 6.42 Å². The monoisotopic (exact) mass is 294 g/mol. The lowest BCUT2D eigenvalue weighted by Crippen LogP contribution is -2.41. The molecule has 20 heavy (non-hydrogen) atoms. The first kappa shape index (κ1) is 14.9. The molecule has 0 unspecified atom stereocenters. The molecule has 1 aliphatic heterocycles. The highest BCUT2D eigenvalue weighted by molar-refractivity contribution is 6.31. The van der Waals surface area contributed by atoms with Crippen molar-refractivity contribution >= 4 is 23.4 Å². The Kier molecular flexibility index (Phi) is 5.41. The van der Waals surface area contributed by atoms with Gasteiger partial charge in [-0.2, -0.15) is 0 Å². The van der Waals surface area contributed by atoms with Crippen molar-refractivity contribution in [2.24, 2.45) is 0 Å². The number of carbonyl (C=O) groups is 2. The number of likely N-dealkylation sites (tertiary alicyclic amines) is 1. The Morgan fingerprint density at radius 2 is 2.10 bits per heavy atom. The maximum absolute atomic E-state index is 11.8. The molecule has 2 rings (SSSR count). The molecule has 0 atom stereocenters. The van der Waals surface area contributed by atoms with Gasteiger partial charge in [0.2, 0.25) is 11.8 Å². The number of benzene rings is 1. The predicted octanol–water partition coefficient (Wildman–Crippen LogP) is 2.01. The highest BCUT2D eigenvalue weighted by Gasteiger charge is 2.17. The third kappa shape index (κ3) is 4.23. The van der Waals surface area contributed by atoms with E-state index in [1.165, 1.54) is 0 Å². The number of piperidine rings is 1. The van der Waals surface area contributed by atoms with Gasteiger partial charge in [-0.1, -0.05) is 29.8 Å². The summed E-state index contributed by atoms with van der Waals surface area (Å²) >= 11 is 6.01. The summed E-state index contributed by atoms with van der Waals surface area (Å²) in [4.78, 5) is 25.2. The van der Waals surface area contributed by atoms with Crippen LogP contribution in [0, 0.1) is 0 Å². The van der Waals surface area contributed by atoms with Crippen LogP contribution in [0.1, 0.15) is 24.8 Å². The third-order valence-electron chi connectivity index (χ3n) is 3.43. The minimum absolute atomic E-state index is 0.0671. The van der Waals surface area contributed by atoms with Gasteiger partial charge in [-0.25, -0.2) is 0 Å². The van der Waals surface area contributed by atoms with Crippen molar-refractivity contribution in [2.75, 3.05) is 19.6 Å². The summed E-state index contributed by atoms with van der Waals surface area (Å²) in [7, 11) is 0. The van der Waals surface area contributed by atoms with Crippen molar-refractivity contribution < 1.29 is 9.59 Å². The standard InChI is InChI=1S/C15H19ClN2O2/c16-13-6-2-1-5-12(13)11-14(19)17-8-10-18-9-4-3-7-15(18)20/h1-2,5-6H,3-4,7-11H2,(H,17,19). The topological polar surface area (TPSA) is 49.4 Å². The molecule has 0 bridgehead atoms. The summed E-state index contributed by atoms with van der Waals surface area (Å²) < 4.78 is 0. The minimum atomic E-state index is -0.0671. The molecule has 2 amide bonds. The number of nitrogens with one attached hydrogen (secondary N) is 1. The molecule has 1 saturated heterocycles. The summed E-state index contributed by atoms with van der Waals surface area (Å²) in [5.41, 5.74) is 0.820. The molecule has 0 saturated carbocycles. The van der Waals surface area contributed by atoms with Crippen molar-refractivity contribution in [1.82, 2.24) is 10.2 Å². The van der Waals surface area contributed by atoms with Gasteiger partial charge in [0.25, 0.3) is 0 Å². The van der Waals surface area contributed by atoms with Gasteiger partial charge in [-0.3, -0.25) is 9.59 Å². The van der Waals surface area contributed by atoms with E-state index in [0.29, 0.717) is 24.5 Å². The van der Waals surface area contributed by atoms with Crippen LogP contribution in [0.5, 0.6) is 0 Å². The highest BCUT2D eigenvalue weighted by Crippen LogP contribution is 2.15. The number of hydrogen-bond acceptors (Lipinski definition) is 2. The Labute approximate surface area is 124 Å². The molecule has 0 radical (unpaired) electrons. The summed E-state index contributed by atoms with van der Waals surface area (Å²) in [6, 6.07) is 7.32. The normalized spacial score (nSPS) is 15.2. The Bertz CT molecular complexity index is 491. The molecule has 4 nitrogen and oxygen atoms in total. The predicted molar refractivity (Wildman–Crippen MR) is 78.6 cm³/mol. The van der Waals surface area contributed by atoms with Crippen LogP contribution in [0.3, 0.4) is 0 Å². The molecule has 1 aromatic carbocycles. The molecule has 1 N–H and O–H groups in total. The van der Waals surface area contributed by atoms with Gasteiger partial charge in [-0.15, -0.1) is 0 Å². The van der Waals surface area contributed by atoms with Crippen molar-refractivity contribution in [2.45, 2.75) is 25.7 Å². The van der Waals surface area contributed by atoms with E-state index in [2.05, 4.69) is 5.32 Å². The fourth-order valence-corrected chi connectivity index (χ4v) is 2.51. The number of amides is 2. The smallest absolute Gasteiger partial charge is 0.224 e. The second-order valence-corrected chi connectivity index (χ2v) is 5.36. The fraction of sp³-hybridized carbons (Fsp3) is 0.467. The summed E-state index contributed by atoms with van der Waals surface area (Å²) in [6.45, 7) is 1.89. The minimum Gasteiger partial charge on any atom is -0.354 e. The zero-order chi connectivity index (χ0) is 14.4. The van der Waals surface area contributed by atoms with E-state index in [1.54, 1.807) is 6.07 Å². The van der Waals surface area contributed by atoms with Crippen LogP contribution in [-0.4, -0.2) is 36.3 Å². The van der Waals surface area contributed by atoms with Gasteiger partial charge in [0.1, 0.15) is 0 Å². The van der Waals surface area contributed by atoms with Crippen molar-refractivity contribution in [3.63, 3.8) is 0 Å². The van der Waals surface area contributed by atoms with Crippen LogP contribution >= 0.6 is 11.6 Å². The zero-order valence-corrected chi connectivity index (χ0v) is 12.2. The van der Waals surface area contributed by atoms with E-state index in [9.17, 15) is 9.59 Å². The van der Waals surface area contributed by atoms with Gasteiger partial charge in [0.15, 0.2) is 0 Å². The number of carbonyl (C=O) groups excluding carboxylic acids is 2. The summed E-state index contributed by atoms with van der Waals surface area (Å²) in [6.07, 6.45) is 2.94. The van der Waals surface area contributed by atoms with Crippen LogP contribution < -0.4 is 5.32 Å². The van der Waals surface area contributed by atoms with E-state index >= 15 is 0 Å². The SMILES string of the molecule is O=C(Cc1ccccc1Cl)NCCN1CCCCC1=O. The van der Waals surface area contributed by atoms with Gasteiger partial charge in [0, 0.05) is 31.1 Å². The Balaban J connectivity index is 1.73. The van der Waals surface area contributed by atoms with Crippen LogP contribution in [0.2, 0.25) is 5.02 Å². The zero-order valence-electron chi connectivity index (χ0n) is 11.4. The first-order valence-corrected chi connectivity index (χ1v) is 7.32. The third-order valence-corrected chi connectivity index (χ3v) is 3.80. The van der Waals surface area contributed by atoms with Crippen molar-refractivity contribution in [1.29, 1.82) is 0 Å². The molecular formula is C15H19ClN2O2. The lowest BCUT2D eigenvalue weighted by atomic mass is 10.1. The van der Waals surface area contributed by atoms with E-state index in [-0.39, 0.29) is 18.2 Å². The average molecular weight is 295 g/mol. The summed E-state index contributed by atoms with van der Waals surface area (Å²) in [5.74, 6) is 0.124. The molecule has 0 aliphatic carbocycles. The molecule has 108 valence electrons. The van der Waals surface area contributed by atoms with E-state index < -0.39 is 0 Å². The van der Waals surface area contributed by atoms with Crippen LogP contribution in [0.4, 0.5) is 0 Å². The van der Waals surface area contributed by atoms with E-state index in [4.69, 9.17) is 11.6 Å².